The lowest BCUT2D eigenvalue weighted by Crippen LogP contribution is -2.43. The van der Waals surface area contributed by atoms with Gasteiger partial charge in [-0.3, -0.25) is 4.99 Å². The number of guanidine groups is 1. The van der Waals surface area contributed by atoms with E-state index < -0.39 is 9.84 Å². The lowest BCUT2D eigenvalue weighted by atomic mass is 9.84. The molecule has 0 amide bonds. The van der Waals surface area contributed by atoms with Crippen LogP contribution in [0.3, 0.4) is 0 Å². The molecule has 0 radical (unpaired) electrons. The van der Waals surface area contributed by atoms with Gasteiger partial charge < -0.3 is 10.6 Å². The maximum absolute atomic E-state index is 13.4. The molecule has 2 N–H and O–H groups in total. The standard InChI is InChI=1S/C16H26FN3O2S/c1-16(2,13-7-5-8-14(17)11-13)12-20-15(18-3)19-9-6-10-23(4,21)22/h5,7-8,11H,6,9-10,12H2,1-4H3,(H2,18,19,20). The first-order valence-corrected chi connectivity index (χ1v) is 9.58. The average Bonchev–Trinajstić information content (AvgIpc) is 2.45. The highest BCUT2D eigenvalue weighted by molar-refractivity contribution is 7.90. The van der Waals surface area contributed by atoms with Crippen LogP contribution in [0.4, 0.5) is 4.39 Å². The highest BCUT2D eigenvalue weighted by Gasteiger charge is 2.21. The van der Waals surface area contributed by atoms with Gasteiger partial charge in [-0.05, 0) is 24.1 Å². The van der Waals surface area contributed by atoms with Crippen molar-refractivity contribution in [2.45, 2.75) is 25.7 Å². The van der Waals surface area contributed by atoms with Gasteiger partial charge >= 0.3 is 0 Å². The van der Waals surface area contributed by atoms with Crippen molar-refractivity contribution < 1.29 is 12.8 Å². The van der Waals surface area contributed by atoms with Gasteiger partial charge in [0.25, 0.3) is 0 Å². The molecule has 1 aromatic carbocycles. The fourth-order valence-electron chi connectivity index (χ4n) is 2.08. The van der Waals surface area contributed by atoms with Gasteiger partial charge in [0, 0.05) is 31.8 Å². The highest BCUT2D eigenvalue weighted by atomic mass is 32.2. The van der Waals surface area contributed by atoms with Crippen molar-refractivity contribution in [3.05, 3.63) is 35.6 Å². The van der Waals surface area contributed by atoms with Gasteiger partial charge in [-0.15, -0.1) is 0 Å². The van der Waals surface area contributed by atoms with E-state index in [4.69, 9.17) is 0 Å². The number of hydrogen-bond acceptors (Lipinski definition) is 3. The third-order valence-electron chi connectivity index (χ3n) is 3.51. The van der Waals surface area contributed by atoms with Gasteiger partial charge in [-0.25, -0.2) is 12.8 Å². The predicted molar refractivity (Wildman–Crippen MR) is 93.1 cm³/mol. The monoisotopic (exact) mass is 343 g/mol. The second-order valence-corrected chi connectivity index (χ2v) is 8.49. The summed E-state index contributed by atoms with van der Waals surface area (Å²) < 4.78 is 35.5. The van der Waals surface area contributed by atoms with E-state index in [0.29, 0.717) is 25.5 Å². The normalized spacial score (nSPS) is 13.0. The van der Waals surface area contributed by atoms with E-state index in [2.05, 4.69) is 15.6 Å². The quantitative estimate of drug-likeness (QED) is 0.449. The first kappa shape index (κ1) is 19.4. The number of benzene rings is 1. The van der Waals surface area contributed by atoms with Crippen LogP contribution in [-0.2, 0) is 15.3 Å². The lowest BCUT2D eigenvalue weighted by Gasteiger charge is -2.26. The van der Waals surface area contributed by atoms with E-state index >= 15 is 0 Å². The molecule has 5 nitrogen and oxygen atoms in total. The molecular formula is C16H26FN3O2S. The van der Waals surface area contributed by atoms with E-state index in [-0.39, 0.29) is 17.0 Å². The summed E-state index contributed by atoms with van der Waals surface area (Å²) in [5, 5.41) is 6.27. The zero-order valence-corrected chi connectivity index (χ0v) is 15.0. The van der Waals surface area contributed by atoms with Gasteiger partial charge in [0.2, 0.25) is 0 Å². The minimum Gasteiger partial charge on any atom is -0.356 e. The van der Waals surface area contributed by atoms with Crippen LogP contribution in [0.1, 0.15) is 25.8 Å². The number of sulfone groups is 1. The number of rotatable bonds is 7. The van der Waals surface area contributed by atoms with Gasteiger partial charge in [-0.2, -0.15) is 0 Å². The Balaban J connectivity index is 2.50. The summed E-state index contributed by atoms with van der Waals surface area (Å²) in [4.78, 5) is 4.11. The van der Waals surface area contributed by atoms with Gasteiger partial charge in [0.05, 0.1) is 5.75 Å². The Labute approximate surface area is 138 Å². The van der Waals surface area contributed by atoms with E-state index in [1.54, 1.807) is 13.1 Å². The Morgan fingerprint density at radius 2 is 2.00 bits per heavy atom. The fourth-order valence-corrected chi connectivity index (χ4v) is 2.75. The van der Waals surface area contributed by atoms with Crippen molar-refractivity contribution in [1.29, 1.82) is 0 Å². The van der Waals surface area contributed by atoms with Gasteiger partial charge in [-0.1, -0.05) is 26.0 Å². The lowest BCUT2D eigenvalue weighted by molar-refractivity contribution is 0.503. The Hall–Kier alpha value is -1.63. The Kier molecular flexibility index (Phi) is 7.00. The molecule has 130 valence electrons. The number of nitrogens with zero attached hydrogens (tertiary/aromatic N) is 1. The van der Waals surface area contributed by atoms with Crippen molar-refractivity contribution in [3.63, 3.8) is 0 Å². The van der Waals surface area contributed by atoms with Crippen LogP contribution in [0.5, 0.6) is 0 Å². The van der Waals surface area contributed by atoms with Crippen molar-refractivity contribution in [2.75, 3.05) is 32.1 Å². The summed E-state index contributed by atoms with van der Waals surface area (Å²) in [6.45, 7) is 5.13. The molecular weight excluding hydrogens is 317 g/mol. The van der Waals surface area contributed by atoms with Crippen LogP contribution < -0.4 is 10.6 Å². The van der Waals surface area contributed by atoms with Crippen LogP contribution in [-0.4, -0.2) is 46.5 Å². The molecule has 0 unspecified atom stereocenters. The second-order valence-electron chi connectivity index (χ2n) is 6.23. The van der Waals surface area contributed by atoms with Gasteiger partial charge in [0.15, 0.2) is 5.96 Å². The van der Waals surface area contributed by atoms with E-state index in [1.165, 1.54) is 18.4 Å². The van der Waals surface area contributed by atoms with Crippen molar-refractivity contribution >= 4 is 15.8 Å². The summed E-state index contributed by atoms with van der Waals surface area (Å²) in [5.41, 5.74) is 0.629. The Morgan fingerprint density at radius 1 is 1.30 bits per heavy atom. The van der Waals surface area contributed by atoms with Crippen molar-refractivity contribution in [1.82, 2.24) is 10.6 Å². The number of nitrogens with one attached hydrogen (secondary N) is 2. The molecule has 1 rings (SSSR count). The topological polar surface area (TPSA) is 70.6 Å². The van der Waals surface area contributed by atoms with E-state index in [1.807, 2.05) is 19.9 Å². The van der Waals surface area contributed by atoms with Crippen molar-refractivity contribution in [2.24, 2.45) is 4.99 Å². The van der Waals surface area contributed by atoms with Crippen LogP contribution >= 0.6 is 0 Å². The molecule has 0 atom stereocenters. The zero-order valence-electron chi connectivity index (χ0n) is 14.2. The van der Waals surface area contributed by atoms with Crippen LogP contribution in [0.25, 0.3) is 0 Å². The molecule has 0 bridgehead atoms. The smallest absolute Gasteiger partial charge is 0.191 e. The first-order valence-electron chi connectivity index (χ1n) is 7.52. The van der Waals surface area contributed by atoms with E-state index in [9.17, 15) is 12.8 Å². The minimum atomic E-state index is -2.94. The molecule has 0 aromatic heterocycles. The second kappa shape index (κ2) is 8.29. The third kappa shape index (κ3) is 7.45. The molecule has 7 heteroatoms. The highest BCUT2D eigenvalue weighted by Crippen LogP contribution is 2.22. The third-order valence-corrected chi connectivity index (χ3v) is 4.54. The van der Waals surface area contributed by atoms with Crippen LogP contribution in [0.15, 0.2) is 29.3 Å². The summed E-state index contributed by atoms with van der Waals surface area (Å²) in [6, 6.07) is 6.55. The van der Waals surface area contributed by atoms with Crippen LogP contribution in [0.2, 0.25) is 0 Å². The predicted octanol–water partition coefficient (Wildman–Crippen LogP) is 1.70. The number of hydrogen-bond donors (Lipinski definition) is 2. The van der Waals surface area contributed by atoms with Crippen molar-refractivity contribution in [3.8, 4) is 0 Å². The molecule has 0 aliphatic heterocycles. The maximum Gasteiger partial charge on any atom is 0.191 e. The number of halogens is 1. The zero-order chi connectivity index (χ0) is 17.5. The molecule has 0 aliphatic rings. The molecule has 0 spiro atoms. The Bertz CT molecular complexity index is 642. The number of aliphatic imine (C=N–C) groups is 1. The molecule has 0 saturated carbocycles. The van der Waals surface area contributed by atoms with Gasteiger partial charge in [0.1, 0.15) is 15.7 Å². The fraction of sp³-hybridized carbons (Fsp3) is 0.562. The SMILES string of the molecule is CN=C(NCCCS(C)(=O)=O)NCC(C)(C)c1cccc(F)c1. The average molecular weight is 343 g/mol. The molecule has 0 fully saturated rings. The first-order chi connectivity index (χ1) is 10.6. The van der Waals surface area contributed by atoms with E-state index in [0.717, 1.165) is 5.56 Å². The maximum atomic E-state index is 13.4. The summed E-state index contributed by atoms with van der Waals surface area (Å²) in [5.74, 6) is 0.494. The molecule has 0 heterocycles. The Morgan fingerprint density at radius 3 is 2.57 bits per heavy atom. The molecule has 0 aliphatic carbocycles. The van der Waals surface area contributed by atoms with Crippen LogP contribution in [0, 0.1) is 5.82 Å². The molecule has 1 aromatic rings. The summed E-state index contributed by atoms with van der Waals surface area (Å²) in [6.07, 6.45) is 1.74. The summed E-state index contributed by atoms with van der Waals surface area (Å²) in [7, 11) is -1.29. The summed E-state index contributed by atoms with van der Waals surface area (Å²) >= 11 is 0. The minimum absolute atomic E-state index is 0.145. The molecule has 23 heavy (non-hydrogen) atoms. The largest absolute Gasteiger partial charge is 0.356 e. The molecule has 0 saturated heterocycles.